The van der Waals surface area contributed by atoms with E-state index in [1.54, 1.807) is 7.11 Å². The third-order valence-corrected chi connectivity index (χ3v) is 4.20. The van der Waals surface area contributed by atoms with Gasteiger partial charge in [-0.3, -0.25) is 9.59 Å². The fourth-order valence-electron chi connectivity index (χ4n) is 2.75. The van der Waals surface area contributed by atoms with Crippen LogP contribution >= 0.6 is 0 Å². The minimum atomic E-state index is 0.367. The molecule has 0 aliphatic heterocycles. The molecule has 1 aromatic carbocycles. The summed E-state index contributed by atoms with van der Waals surface area (Å²) in [5, 5.41) is 0. The van der Waals surface area contributed by atoms with Crippen molar-refractivity contribution in [1.82, 2.24) is 0 Å². The van der Waals surface area contributed by atoms with Crippen LogP contribution in [-0.2, 0) is 25.5 Å². The fraction of sp³-hybridized carbons (Fsp3) is 0.273. The molecule has 0 saturated heterocycles. The molecule has 1 aliphatic rings. The Kier molecular flexibility index (Phi) is 8.10. The number of ether oxygens (including phenoxy) is 3. The molecule has 1 aromatic rings. The van der Waals surface area contributed by atoms with E-state index in [4.69, 9.17) is 14.2 Å². The van der Waals surface area contributed by atoms with E-state index >= 15 is 0 Å². The van der Waals surface area contributed by atoms with Crippen molar-refractivity contribution in [3.05, 3.63) is 70.5 Å². The molecule has 27 heavy (non-hydrogen) atoms. The molecule has 0 aromatic heterocycles. The van der Waals surface area contributed by atoms with E-state index < -0.39 is 0 Å². The number of methoxy groups -OCH3 is 1. The van der Waals surface area contributed by atoms with Gasteiger partial charge in [0.05, 0.1) is 19.5 Å². The molecule has 0 fully saturated rings. The minimum absolute atomic E-state index is 0.367. The number of carbonyl (C=O) groups is 2. The van der Waals surface area contributed by atoms with Crippen LogP contribution in [0.15, 0.2) is 59.4 Å². The van der Waals surface area contributed by atoms with E-state index in [0.29, 0.717) is 31.7 Å². The van der Waals surface area contributed by atoms with Gasteiger partial charge in [0.1, 0.15) is 5.75 Å². The Morgan fingerprint density at radius 2 is 2.04 bits per heavy atom. The summed E-state index contributed by atoms with van der Waals surface area (Å²) in [6, 6.07) is 5.75. The first-order valence-electron chi connectivity index (χ1n) is 8.76. The molecule has 0 heterocycles. The zero-order valence-electron chi connectivity index (χ0n) is 15.6. The molecule has 0 radical (unpaired) electrons. The molecule has 142 valence electrons. The Balaban J connectivity index is 2.21. The summed E-state index contributed by atoms with van der Waals surface area (Å²) in [7, 11) is 1.66. The largest absolute Gasteiger partial charge is 0.501 e. The third kappa shape index (κ3) is 6.29. The van der Waals surface area contributed by atoms with E-state index in [1.807, 2.05) is 43.4 Å². The second kappa shape index (κ2) is 10.8. The first-order chi connectivity index (χ1) is 13.2. The highest BCUT2D eigenvalue weighted by molar-refractivity contribution is 5.67. The Hall–Kier alpha value is -3.08. The highest BCUT2D eigenvalue weighted by Gasteiger charge is 2.07. The predicted molar refractivity (Wildman–Crippen MR) is 104 cm³/mol. The van der Waals surface area contributed by atoms with Gasteiger partial charge in [0.15, 0.2) is 0 Å². The summed E-state index contributed by atoms with van der Waals surface area (Å²) in [6.07, 6.45) is 12.3. The molecule has 0 saturated carbocycles. The van der Waals surface area contributed by atoms with Crippen molar-refractivity contribution in [3.8, 4) is 5.75 Å². The minimum Gasteiger partial charge on any atom is -0.501 e. The van der Waals surface area contributed by atoms with Crippen LogP contribution < -0.4 is 4.74 Å². The van der Waals surface area contributed by atoms with E-state index in [0.717, 1.165) is 40.9 Å². The smallest absolute Gasteiger partial charge is 0.298 e. The number of allylic oxidation sites excluding steroid dienone is 6. The third-order valence-electron chi connectivity index (χ3n) is 4.20. The average molecular weight is 368 g/mol. The second-order valence-corrected chi connectivity index (χ2v) is 6.05. The van der Waals surface area contributed by atoms with Crippen molar-refractivity contribution in [2.45, 2.75) is 26.2 Å². The standard InChI is InChI=1S/C22H24O5/c1-17(19-6-3-7-21(25-2)11-10-19)13-20-9-8-18(5-4-12-26-15-23)14-22(20)27-16-24/h3,6,8-11,13-16H,4-5,7,12H2,1-2H3/b17-13+. The molecular formula is C22H24O5. The quantitative estimate of drug-likeness (QED) is 0.459. The van der Waals surface area contributed by atoms with E-state index in [-0.39, 0.29) is 0 Å². The highest BCUT2D eigenvalue weighted by Crippen LogP contribution is 2.26. The van der Waals surface area contributed by atoms with Gasteiger partial charge in [-0.1, -0.05) is 30.4 Å². The summed E-state index contributed by atoms with van der Waals surface area (Å²) in [6.45, 7) is 3.25. The van der Waals surface area contributed by atoms with Crippen LogP contribution in [0.3, 0.4) is 0 Å². The Morgan fingerprint density at radius 1 is 1.19 bits per heavy atom. The Bertz CT molecular complexity index is 784. The van der Waals surface area contributed by atoms with Crippen LogP contribution in [0.25, 0.3) is 6.08 Å². The second-order valence-electron chi connectivity index (χ2n) is 6.05. The van der Waals surface area contributed by atoms with E-state index in [9.17, 15) is 9.59 Å². The van der Waals surface area contributed by atoms with Gasteiger partial charge in [0, 0.05) is 12.0 Å². The van der Waals surface area contributed by atoms with Crippen molar-refractivity contribution >= 4 is 19.0 Å². The molecule has 0 spiro atoms. The molecule has 0 atom stereocenters. The molecule has 0 amide bonds. The molecule has 2 rings (SSSR count). The van der Waals surface area contributed by atoms with Crippen molar-refractivity contribution < 1.29 is 23.8 Å². The summed E-state index contributed by atoms with van der Waals surface area (Å²) < 4.78 is 15.2. The van der Waals surface area contributed by atoms with Crippen molar-refractivity contribution in [1.29, 1.82) is 0 Å². The van der Waals surface area contributed by atoms with Gasteiger partial charge >= 0.3 is 0 Å². The SMILES string of the molecule is COC1=CC=C(/C(C)=C/c2ccc(CCCOC=O)cc2OC=O)C=CC1. The summed E-state index contributed by atoms with van der Waals surface area (Å²) in [5.74, 6) is 1.41. The van der Waals surface area contributed by atoms with Crippen molar-refractivity contribution in [2.75, 3.05) is 13.7 Å². The summed E-state index contributed by atoms with van der Waals surface area (Å²) in [5.41, 5.74) is 3.94. The molecular weight excluding hydrogens is 344 g/mol. The van der Waals surface area contributed by atoms with Crippen LogP contribution in [0.1, 0.15) is 30.9 Å². The molecule has 5 nitrogen and oxygen atoms in total. The lowest BCUT2D eigenvalue weighted by molar-refractivity contribution is -0.128. The maximum atomic E-state index is 10.9. The van der Waals surface area contributed by atoms with Crippen LogP contribution in [0.4, 0.5) is 0 Å². The highest BCUT2D eigenvalue weighted by atomic mass is 16.5. The first-order valence-corrected chi connectivity index (χ1v) is 8.76. The zero-order chi connectivity index (χ0) is 19.5. The van der Waals surface area contributed by atoms with Gasteiger partial charge in [-0.05, 0) is 54.7 Å². The maximum absolute atomic E-state index is 10.9. The molecule has 5 heteroatoms. The van der Waals surface area contributed by atoms with Crippen LogP contribution in [0.5, 0.6) is 5.75 Å². The predicted octanol–water partition coefficient (Wildman–Crippen LogP) is 4.15. The van der Waals surface area contributed by atoms with Gasteiger partial charge in [-0.15, -0.1) is 0 Å². The molecule has 1 aliphatic carbocycles. The monoisotopic (exact) mass is 368 g/mol. The molecule has 0 N–H and O–H groups in total. The Labute approximate surface area is 159 Å². The average Bonchev–Trinajstić information content (AvgIpc) is 2.93. The van der Waals surface area contributed by atoms with Gasteiger partial charge in [0.25, 0.3) is 12.9 Å². The fourth-order valence-corrected chi connectivity index (χ4v) is 2.75. The van der Waals surface area contributed by atoms with Gasteiger partial charge in [-0.2, -0.15) is 0 Å². The van der Waals surface area contributed by atoms with E-state index in [2.05, 4.69) is 12.2 Å². The summed E-state index contributed by atoms with van der Waals surface area (Å²) in [4.78, 5) is 21.1. The van der Waals surface area contributed by atoms with E-state index in [1.165, 1.54) is 0 Å². The number of hydrogen-bond acceptors (Lipinski definition) is 5. The lowest BCUT2D eigenvalue weighted by atomic mass is 10.0. The van der Waals surface area contributed by atoms with Gasteiger partial charge < -0.3 is 14.2 Å². The maximum Gasteiger partial charge on any atom is 0.298 e. The zero-order valence-corrected chi connectivity index (χ0v) is 15.6. The van der Waals surface area contributed by atoms with Gasteiger partial charge in [0.2, 0.25) is 0 Å². The van der Waals surface area contributed by atoms with Crippen molar-refractivity contribution in [3.63, 3.8) is 0 Å². The van der Waals surface area contributed by atoms with Crippen LogP contribution in [-0.4, -0.2) is 26.7 Å². The van der Waals surface area contributed by atoms with Crippen LogP contribution in [0.2, 0.25) is 0 Å². The number of carbonyl (C=O) groups excluding carboxylic acids is 2. The lowest BCUT2D eigenvalue weighted by Crippen LogP contribution is -1.97. The van der Waals surface area contributed by atoms with Gasteiger partial charge in [-0.25, -0.2) is 0 Å². The normalized spacial score (nSPS) is 13.9. The lowest BCUT2D eigenvalue weighted by Gasteiger charge is -2.09. The van der Waals surface area contributed by atoms with Crippen molar-refractivity contribution in [2.24, 2.45) is 0 Å². The molecule has 0 bridgehead atoms. The number of rotatable bonds is 10. The Morgan fingerprint density at radius 3 is 2.78 bits per heavy atom. The first kappa shape index (κ1) is 20.2. The number of aryl methyl sites for hydroxylation is 1. The molecule has 0 unspecified atom stereocenters. The number of benzene rings is 1. The van der Waals surface area contributed by atoms with Crippen LogP contribution in [0, 0.1) is 0 Å². The summed E-state index contributed by atoms with van der Waals surface area (Å²) >= 11 is 0. The number of hydrogen-bond donors (Lipinski definition) is 0. The topological polar surface area (TPSA) is 61.8 Å².